The van der Waals surface area contributed by atoms with Gasteiger partial charge in [0.15, 0.2) is 5.75 Å². The Bertz CT molecular complexity index is 1100. The van der Waals surface area contributed by atoms with E-state index < -0.39 is 16.4 Å². The van der Waals surface area contributed by atoms with Crippen molar-refractivity contribution < 1.29 is 24.2 Å². The van der Waals surface area contributed by atoms with Crippen molar-refractivity contribution in [3.05, 3.63) is 51.4 Å². The monoisotopic (exact) mass is 430 g/mol. The number of anilines is 1. The van der Waals surface area contributed by atoms with E-state index in [2.05, 4.69) is 15.5 Å². The highest BCUT2D eigenvalue weighted by atomic mass is 32.1. The highest BCUT2D eigenvalue weighted by Gasteiger charge is 2.19. The lowest BCUT2D eigenvalue weighted by molar-refractivity contribution is -0.386. The summed E-state index contributed by atoms with van der Waals surface area (Å²) < 4.78 is 15.6. The molecular weight excluding hydrogens is 412 g/mol. The third-order valence-electron chi connectivity index (χ3n) is 4.06. The first-order chi connectivity index (χ1) is 14.5. The number of phenols is 1. The molecule has 30 heavy (non-hydrogen) atoms. The van der Waals surface area contributed by atoms with Gasteiger partial charge in [-0.25, -0.2) is 4.98 Å². The molecule has 0 unspecified atom stereocenters. The number of nitrogens with one attached hydrogen (secondary N) is 1. The molecular formula is C19H18N4O6S. The van der Waals surface area contributed by atoms with Crippen molar-refractivity contribution >= 4 is 28.4 Å². The first-order valence-electron chi connectivity index (χ1n) is 8.49. The number of benzene rings is 2. The summed E-state index contributed by atoms with van der Waals surface area (Å²) in [6.07, 6.45) is 1.37. The van der Waals surface area contributed by atoms with Crippen molar-refractivity contribution in [2.45, 2.75) is 0 Å². The summed E-state index contributed by atoms with van der Waals surface area (Å²) in [7, 11) is 4.46. The summed E-state index contributed by atoms with van der Waals surface area (Å²) in [4.78, 5) is 14.8. The first-order valence-corrected chi connectivity index (χ1v) is 9.37. The quantitative estimate of drug-likeness (QED) is 0.313. The Kier molecular flexibility index (Phi) is 6.32. The van der Waals surface area contributed by atoms with Crippen molar-refractivity contribution in [1.29, 1.82) is 0 Å². The van der Waals surface area contributed by atoms with Crippen molar-refractivity contribution in [2.75, 3.05) is 26.8 Å². The summed E-state index contributed by atoms with van der Waals surface area (Å²) in [5, 5.41) is 27.3. The van der Waals surface area contributed by atoms with E-state index in [0.717, 1.165) is 5.56 Å². The molecule has 2 N–H and O–H groups in total. The van der Waals surface area contributed by atoms with Crippen LogP contribution in [0, 0.1) is 10.1 Å². The van der Waals surface area contributed by atoms with E-state index in [4.69, 9.17) is 14.2 Å². The van der Waals surface area contributed by atoms with Crippen LogP contribution in [0.5, 0.6) is 23.0 Å². The van der Waals surface area contributed by atoms with Crippen molar-refractivity contribution in [1.82, 2.24) is 4.98 Å². The molecule has 0 amide bonds. The van der Waals surface area contributed by atoms with E-state index in [0.29, 0.717) is 27.9 Å². The highest BCUT2D eigenvalue weighted by molar-refractivity contribution is 7.14. The van der Waals surface area contributed by atoms with Gasteiger partial charge in [0.05, 0.1) is 38.2 Å². The van der Waals surface area contributed by atoms with Gasteiger partial charge in [-0.2, -0.15) is 5.10 Å². The summed E-state index contributed by atoms with van der Waals surface area (Å²) in [5.74, 6) is 0.741. The number of hydrogen-bond donors (Lipinski definition) is 2. The van der Waals surface area contributed by atoms with Gasteiger partial charge in [0.2, 0.25) is 10.9 Å². The molecule has 3 rings (SSSR count). The molecule has 0 atom stereocenters. The molecule has 11 heteroatoms. The number of rotatable bonds is 8. The topological polar surface area (TPSA) is 128 Å². The molecule has 0 spiro atoms. The maximum atomic E-state index is 11.1. The van der Waals surface area contributed by atoms with Gasteiger partial charge in [-0.1, -0.05) is 0 Å². The molecule has 0 bridgehead atoms. The third kappa shape index (κ3) is 4.41. The molecule has 0 saturated heterocycles. The third-order valence-corrected chi connectivity index (χ3v) is 4.80. The lowest BCUT2D eigenvalue weighted by Gasteiger charge is -2.08. The Morgan fingerprint density at radius 1 is 1.17 bits per heavy atom. The van der Waals surface area contributed by atoms with Gasteiger partial charge in [-0.05, 0) is 18.2 Å². The van der Waals surface area contributed by atoms with Gasteiger partial charge >= 0.3 is 5.69 Å². The fraction of sp³-hybridized carbons (Fsp3) is 0.158. The van der Waals surface area contributed by atoms with Crippen LogP contribution >= 0.6 is 11.3 Å². The van der Waals surface area contributed by atoms with E-state index >= 15 is 0 Å². The Hall–Kier alpha value is -3.86. The number of nitro benzene ring substituents is 1. The van der Waals surface area contributed by atoms with Crippen LogP contribution in [0.25, 0.3) is 11.3 Å². The number of nitro groups is 1. The van der Waals surface area contributed by atoms with Crippen LogP contribution in [0.3, 0.4) is 0 Å². The zero-order valence-electron chi connectivity index (χ0n) is 16.3. The highest BCUT2D eigenvalue weighted by Crippen LogP contribution is 2.37. The predicted octanol–water partition coefficient (Wildman–Crippen LogP) is 3.90. The second kappa shape index (κ2) is 9.09. The number of thiazole rings is 1. The molecule has 2 aromatic carbocycles. The van der Waals surface area contributed by atoms with Crippen LogP contribution in [0.1, 0.15) is 5.56 Å². The zero-order chi connectivity index (χ0) is 21.7. The standard InChI is InChI=1S/C19H18N4O6S/c1-27-12-4-5-13(16(8-12)28-2)14-10-30-19(21-14)22-20-9-11-6-15(23(25)26)18(24)17(7-11)29-3/h4-10,24H,1-3H3,(H,21,22)/b20-9-. The molecule has 0 fully saturated rings. The molecule has 3 aromatic rings. The average molecular weight is 430 g/mol. The number of phenolic OH excluding ortho intramolecular Hbond substituents is 1. The molecule has 0 radical (unpaired) electrons. The van der Waals surface area contributed by atoms with Crippen LogP contribution < -0.4 is 19.6 Å². The molecule has 1 heterocycles. The number of aromatic hydroxyl groups is 1. The Balaban J connectivity index is 1.79. The van der Waals surface area contributed by atoms with Gasteiger partial charge in [0.1, 0.15) is 11.5 Å². The molecule has 0 saturated carbocycles. The molecule has 10 nitrogen and oxygen atoms in total. The fourth-order valence-corrected chi connectivity index (χ4v) is 3.26. The predicted molar refractivity (Wildman–Crippen MR) is 113 cm³/mol. The lowest BCUT2D eigenvalue weighted by atomic mass is 10.1. The van der Waals surface area contributed by atoms with E-state index in [1.54, 1.807) is 20.3 Å². The van der Waals surface area contributed by atoms with Gasteiger partial charge in [-0.15, -0.1) is 11.3 Å². The Labute approximate surface area is 175 Å². The van der Waals surface area contributed by atoms with Crippen LogP contribution in [-0.2, 0) is 0 Å². The lowest BCUT2D eigenvalue weighted by Crippen LogP contribution is -1.96. The van der Waals surface area contributed by atoms with Crippen molar-refractivity contribution in [2.24, 2.45) is 5.10 Å². The van der Waals surface area contributed by atoms with Crippen LogP contribution in [0.15, 0.2) is 40.8 Å². The molecule has 0 aliphatic carbocycles. The smallest absolute Gasteiger partial charge is 0.315 e. The number of methoxy groups -OCH3 is 3. The summed E-state index contributed by atoms with van der Waals surface area (Å²) >= 11 is 1.33. The van der Waals surface area contributed by atoms with Crippen LogP contribution in [-0.4, -0.2) is 42.6 Å². The van der Waals surface area contributed by atoms with Crippen LogP contribution in [0.2, 0.25) is 0 Å². The normalized spacial score (nSPS) is 10.8. The first kappa shape index (κ1) is 20.9. The second-order valence-electron chi connectivity index (χ2n) is 5.82. The number of ether oxygens (including phenoxy) is 3. The van der Waals surface area contributed by atoms with Crippen molar-refractivity contribution in [3.63, 3.8) is 0 Å². The fourth-order valence-electron chi connectivity index (χ4n) is 2.60. The number of nitrogens with zero attached hydrogens (tertiary/aromatic N) is 3. The molecule has 156 valence electrons. The number of aromatic nitrogens is 1. The molecule has 0 aliphatic heterocycles. The van der Waals surface area contributed by atoms with Gasteiger partial charge in [-0.3, -0.25) is 15.5 Å². The van der Waals surface area contributed by atoms with E-state index in [1.165, 1.54) is 36.8 Å². The largest absolute Gasteiger partial charge is 0.500 e. The van der Waals surface area contributed by atoms with Crippen molar-refractivity contribution in [3.8, 4) is 34.3 Å². The Morgan fingerprint density at radius 3 is 2.60 bits per heavy atom. The van der Waals surface area contributed by atoms with E-state index in [-0.39, 0.29) is 5.75 Å². The molecule has 0 aliphatic rings. The maximum Gasteiger partial charge on any atom is 0.315 e. The Morgan fingerprint density at radius 2 is 1.93 bits per heavy atom. The maximum absolute atomic E-state index is 11.1. The minimum Gasteiger partial charge on any atom is -0.500 e. The summed E-state index contributed by atoms with van der Waals surface area (Å²) in [6, 6.07) is 8.06. The molecule has 1 aromatic heterocycles. The summed E-state index contributed by atoms with van der Waals surface area (Å²) in [5.41, 5.74) is 4.17. The van der Waals surface area contributed by atoms with Gasteiger partial charge < -0.3 is 19.3 Å². The summed E-state index contributed by atoms with van der Waals surface area (Å²) in [6.45, 7) is 0. The SMILES string of the molecule is COc1ccc(-c2csc(N/N=C\c3cc(OC)c(O)c([N+](=O)[O-])c3)n2)c(OC)c1. The van der Waals surface area contributed by atoms with E-state index in [9.17, 15) is 15.2 Å². The van der Waals surface area contributed by atoms with Gasteiger partial charge in [0, 0.05) is 28.6 Å². The number of hydrazone groups is 1. The van der Waals surface area contributed by atoms with E-state index in [1.807, 2.05) is 17.5 Å². The van der Waals surface area contributed by atoms with Gasteiger partial charge in [0.25, 0.3) is 0 Å². The zero-order valence-corrected chi connectivity index (χ0v) is 17.1. The minimum atomic E-state index is -0.696. The number of hydrogen-bond acceptors (Lipinski definition) is 10. The second-order valence-corrected chi connectivity index (χ2v) is 6.68. The minimum absolute atomic E-state index is 0.0196. The van der Waals surface area contributed by atoms with Crippen LogP contribution in [0.4, 0.5) is 10.8 Å². The average Bonchev–Trinajstić information content (AvgIpc) is 3.22.